The van der Waals surface area contributed by atoms with Crippen molar-refractivity contribution in [1.29, 1.82) is 0 Å². The molecule has 7 heteroatoms. The fraction of sp³-hybridized carbons (Fsp3) is 0.294. The summed E-state index contributed by atoms with van der Waals surface area (Å²) in [5.74, 6) is -0.342. The summed E-state index contributed by atoms with van der Waals surface area (Å²) in [6, 6.07) is 6.97. The Bertz CT molecular complexity index is 739. The minimum Gasteiger partial charge on any atom is -0.476 e. The summed E-state index contributed by atoms with van der Waals surface area (Å²) in [5.41, 5.74) is 0.606. The largest absolute Gasteiger partial charge is 0.476 e. The number of aromatic carboxylic acids is 1. The van der Waals surface area contributed by atoms with Crippen molar-refractivity contribution >= 4 is 29.2 Å². The lowest BCUT2D eigenvalue weighted by molar-refractivity contribution is 0.0689. The molecule has 2 aromatic rings. The molecule has 1 aromatic carbocycles. The molecule has 3 rings (SSSR count). The van der Waals surface area contributed by atoms with Crippen LogP contribution in [-0.2, 0) is 0 Å². The van der Waals surface area contributed by atoms with Crippen LogP contribution in [0.2, 0.25) is 5.02 Å². The fourth-order valence-electron chi connectivity index (χ4n) is 2.82. The van der Waals surface area contributed by atoms with E-state index in [9.17, 15) is 9.59 Å². The fourth-order valence-corrected chi connectivity index (χ4v) is 2.94. The quantitative estimate of drug-likeness (QED) is 0.858. The zero-order valence-electron chi connectivity index (χ0n) is 12.9. The van der Waals surface area contributed by atoms with Crippen LogP contribution in [-0.4, -0.2) is 39.9 Å². The summed E-state index contributed by atoms with van der Waals surface area (Å²) in [5, 5.41) is 9.46. The van der Waals surface area contributed by atoms with Gasteiger partial charge in [-0.05, 0) is 37.1 Å². The molecule has 1 saturated heterocycles. The van der Waals surface area contributed by atoms with Gasteiger partial charge in [-0.25, -0.2) is 14.8 Å². The van der Waals surface area contributed by atoms with Gasteiger partial charge in [0, 0.05) is 29.6 Å². The number of aromatic nitrogens is 2. The first-order valence-corrected chi connectivity index (χ1v) is 8.02. The van der Waals surface area contributed by atoms with Crippen molar-refractivity contribution in [1.82, 2.24) is 9.97 Å². The second-order valence-electron chi connectivity index (χ2n) is 5.70. The van der Waals surface area contributed by atoms with E-state index in [1.54, 1.807) is 24.3 Å². The molecule has 24 heavy (non-hydrogen) atoms. The molecule has 0 unspecified atom stereocenters. The van der Waals surface area contributed by atoms with Gasteiger partial charge in [0.2, 0.25) is 0 Å². The van der Waals surface area contributed by atoms with Crippen molar-refractivity contribution in [2.75, 3.05) is 18.0 Å². The Morgan fingerprint density at radius 3 is 2.29 bits per heavy atom. The van der Waals surface area contributed by atoms with Crippen LogP contribution in [0.5, 0.6) is 0 Å². The van der Waals surface area contributed by atoms with Crippen LogP contribution in [0, 0.1) is 5.92 Å². The van der Waals surface area contributed by atoms with Gasteiger partial charge in [-0.3, -0.25) is 4.79 Å². The van der Waals surface area contributed by atoms with E-state index in [2.05, 4.69) is 9.97 Å². The summed E-state index contributed by atoms with van der Waals surface area (Å²) in [6.07, 6.45) is 4.17. The number of carboxylic acids is 1. The number of hydrogen-bond donors (Lipinski definition) is 1. The maximum atomic E-state index is 12.5. The Labute approximate surface area is 144 Å². The number of nitrogens with zero attached hydrogens (tertiary/aromatic N) is 3. The highest BCUT2D eigenvalue weighted by molar-refractivity contribution is 6.30. The maximum absolute atomic E-state index is 12.5. The van der Waals surface area contributed by atoms with Gasteiger partial charge < -0.3 is 10.0 Å². The minimum absolute atomic E-state index is 0.0197. The molecule has 0 bridgehead atoms. The number of carboxylic acid groups (broad SMARTS) is 1. The van der Waals surface area contributed by atoms with Crippen LogP contribution < -0.4 is 4.90 Å². The predicted octanol–water partition coefficient (Wildman–Crippen LogP) is 2.93. The molecule has 0 aliphatic carbocycles. The van der Waals surface area contributed by atoms with Crippen LogP contribution in [0.4, 0.5) is 5.82 Å². The average molecular weight is 346 g/mol. The SMILES string of the molecule is O=C(O)c1cnc(N2CCC(C(=O)c3ccc(Cl)cc3)CC2)cn1. The molecule has 0 spiro atoms. The molecule has 1 aliphatic heterocycles. The lowest BCUT2D eigenvalue weighted by Gasteiger charge is -2.31. The molecule has 1 aromatic heterocycles. The third kappa shape index (κ3) is 3.54. The van der Waals surface area contributed by atoms with Crippen LogP contribution in [0.3, 0.4) is 0 Å². The van der Waals surface area contributed by atoms with E-state index in [0.717, 1.165) is 12.8 Å². The zero-order chi connectivity index (χ0) is 17.1. The highest BCUT2D eigenvalue weighted by atomic mass is 35.5. The molecule has 1 fully saturated rings. The number of Topliss-reactive ketones (excluding diaryl/α,β-unsaturated/α-hetero) is 1. The lowest BCUT2D eigenvalue weighted by Crippen LogP contribution is -2.37. The van der Waals surface area contributed by atoms with E-state index < -0.39 is 5.97 Å². The van der Waals surface area contributed by atoms with Crippen LogP contribution >= 0.6 is 11.6 Å². The number of rotatable bonds is 4. The van der Waals surface area contributed by atoms with Gasteiger partial charge in [0.05, 0.1) is 12.4 Å². The lowest BCUT2D eigenvalue weighted by atomic mass is 9.89. The zero-order valence-corrected chi connectivity index (χ0v) is 13.6. The van der Waals surface area contributed by atoms with E-state index in [1.807, 2.05) is 4.90 Å². The van der Waals surface area contributed by atoms with Gasteiger partial charge in [-0.1, -0.05) is 11.6 Å². The summed E-state index contributed by atoms with van der Waals surface area (Å²) in [4.78, 5) is 33.4. The Balaban J connectivity index is 1.62. The van der Waals surface area contributed by atoms with Crippen LogP contribution in [0.1, 0.15) is 33.7 Å². The summed E-state index contributed by atoms with van der Waals surface area (Å²) in [6.45, 7) is 1.37. The molecule has 1 N–H and O–H groups in total. The molecule has 0 amide bonds. The molecule has 0 saturated carbocycles. The molecular weight excluding hydrogens is 330 g/mol. The maximum Gasteiger partial charge on any atom is 0.356 e. The van der Waals surface area contributed by atoms with Crippen molar-refractivity contribution in [3.05, 3.63) is 52.9 Å². The number of halogens is 1. The number of piperidine rings is 1. The van der Waals surface area contributed by atoms with E-state index in [-0.39, 0.29) is 17.4 Å². The highest BCUT2D eigenvalue weighted by Crippen LogP contribution is 2.25. The Kier molecular flexibility index (Phi) is 4.76. The first-order valence-electron chi connectivity index (χ1n) is 7.64. The van der Waals surface area contributed by atoms with Crippen molar-refractivity contribution < 1.29 is 14.7 Å². The topological polar surface area (TPSA) is 83.4 Å². The third-order valence-electron chi connectivity index (χ3n) is 4.18. The van der Waals surface area contributed by atoms with Gasteiger partial charge in [0.15, 0.2) is 11.5 Å². The van der Waals surface area contributed by atoms with Crippen molar-refractivity contribution in [2.45, 2.75) is 12.8 Å². The van der Waals surface area contributed by atoms with E-state index in [0.29, 0.717) is 29.5 Å². The molecule has 0 radical (unpaired) electrons. The Hall–Kier alpha value is -2.47. The third-order valence-corrected chi connectivity index (χ3v) is 4.43. The molecular formula is C17H16ClN3O3. The summed E-state index contributed by atoms with van der Waals surface area (Å²) < 4.78 is 0. The van der Waals surface area contributed by atoms with E-state index in [4.69, 9.17) is 16.7 Å². The summed E-state index contributed by atoms with van der Waals surface area (Å²) in [7, 11) is 0. The highest BCUT2D eigenvalue weighted by Gasteiger charge is 2.26. The van der Waals surface area contributed by atoms with Gasteiger partial charge in [-0.2, -0.15) is 0 Å². The van der Waals surface area contributed by atoms with E-state index in [1.165, 1.54) is 12.4 Å². The molecule has 1 aliphatic rings. The smallest absolute Gasteiger partial charge is 0.356 e. The molecule has 0 atom stereocenters. The van der Waals surface area contributed by atoms with Gasteiger partial charge in [0.1, 0.15) is 5.82 Å². The van der Waals surface area contributed by atoms with Gasteiger partial charge in [-0.15, -0.1) is 0 Å². The van der Waals surface area contributed by atoms with Crippen molar-refractivity contribution in [3.8, 4) is 0 Å². The predicted molar refractivity (Wildman–Crippen MR) is 89.7 cm³/mol. The normalized spacial score (nSPS) is 15.3. The Morgan fingerprint density at radius 2 is 1.75 bits per heavy atom. The first-order chi connectivity index (χ1) is 11.5. The number of anilines is 1. The van der Waals surface area contributed by atoms with E-state index >= 15 is 0 Å². The average Bonchev–Trinajstić information content (AvgIpc) is 2.62. The van der Waals surface area contributed by atoms with Gasteiger partial charge >= 0.3 is 5.97 Å². The second kappa shape index (κ2) is 6.97. The number of hydrogen-bond acceptors (Lipinski definition) is 5. The van der Waals surface area contributed by atoms with Crippen molar-refractivity contribution in [2.24, 2.45) is 5.92 Å². The number of carbonyl (C=O) groups is 2. The Morgan fingerprint density at radius 1 is 1.08 bits per heavy atom. The van der Waals surface area contributed by atoms with Crippen LogP contribution in [0.15, 0.2) is 36.7 Å². The minimum atomic E-state index is -1.10. The summed E-state index contributed by atoms with van der Waals surface area (Å²) >= 11 is 5.85. The molecule has 124 valence electrons. The van der Waals surface area contributed by atoms with Gasteiger partial charge in [0.25, 0.3) is 0 Å². The molecule has 6 nitrogen and oxygen atoms in total. The first kappa shape index (κ1) is 16.4. The number of ketones is 1. The number of benzene rings is 1. The monoisotopic (exact) mass is 345 g/mol. The standard InChI is InChI=1S/C17H16ClN3O3/c18-13-3-1-11(2-4-13)16(22)12-5-7-21(8-6-12)15-10-19-14(9-20-15)17(23)24/h1-4,9-10,12H,5-8H2,(H,23,24). The molecule has 2 heterocycles. The van der Waals surface area contributed by atoms with Crippen LogP contribution in [0.25, 0.3) is 0 Å². The second-order valence-corrected chi connectivity index (χ2v) is 6.13. The van der Waals surface area contributed by atoms with Crippen molar-refractivity contribution in [3.63, 3.8) is 0 Å². The number of carbonyl (C=O) groups excluding carboxylic acids is 1.